The molecule has 1 aromatic heterocycles. The highest BCUT2D eigenvalue weighted by molar-refractivity contribution is 6.31. The largest absolute Gasteiger partial charge is 0.493 e. The number of hydrogen-bond donors (Lipinski definition) is 0. The number of methoxy groups -OCH3 is 1. The Morgan fingerprint density at radius 3 is 2.84 bits per heavy atom. The molecular formula is C23H24ClN3O4. The van der Waals surface area contributed by atoms with Crippen LogP contribution in [0.4, 0.5) is 5.69 Å². The third-order valence-electron chi connectivity index (χ3n) is 5.26. The minimum absolute atomic E-state index is 0.00853. The van der Waals surface area contributed by atoms with Crippen LogP contribution >= 0.6 is 11.6 Å². The normalized spacial score (nSPS) is 16.1. The van der Waals surface area contributed by atoms with Crippen LogP contribution in [0.25, 0.3) is 11.4 Å². The van der Waals surface area contributed by atoms with Crippen LogP contribution in [0.2, 0.25) is 5.02 Å². The number of benzene rings is 2. The lowest BCUT2D eigenvalue weighted by Crippen LogP contribution is -2.25. The number of amides is 1. The topological polar surface area (TPSA) is 77.7 Å². The number of rotatable bonds is 7. The molecule has 0 radical (unpaired) electrons. The Morgan fingerprint density at radius 1 is 1.23 bits per heavy atom. The summed E-state index contributed by atoms with van der Waals surface area (Å²) < 4.78 is 16.7. The van der Waals surface area contributed by atoms with E-state index >= 15 is 0 Å². The van der Waals surface area contributed by atoms with Crippen LogP contribution < -0.4 is 14.4 Å². The fourth-order valence-corrected chi connectivity index (χ4v) is 3.80. The highest BCUT2D eigenvalue weighted by Crippen LogP contribution is 2.36. The Balaban J connectivity index is 1.54. The van der Waals surface area contributed by atoms with E-state index in [0.717, 1.165) is 23.2 Å². The molecular weight excluding hydrogens is 418 g/mol. The molecule has 2 aromatic carbocycles. The number of carbonyl (C=O) groups excluding carboxylic acids is 1. The average molecular weight is 442 g/mol. The maximum absolute atomic E-state index is 12.7. The number of hydrogen-bond acceptors (Lipinski definition) is 6. The van der Waals surface area contributed by atoms with Gasteiger partial charge in [-0.1, -0.05) is 29.7 Å². The molecule has 1 amide bonds. The lowest BCUT2D eigenvalue weighted by Gasteiger charge is -2.18. The summed E-state index contributed by atoms with van der Waals surface area (Å²) in [5, 5.41) is 4.71. The highest BCUT2D eigenvalue weighted by Gasteiger charge is 2.36. The van der Waals surface area contributed by atoms with Crippen molar-refractivity contribution in [2.45, 2.75) is 32.6 Å². The minimum Gasteiger partial charge on any atom is -0.493 e. The van der Waals surface area contributed by atoms with Crippen LogP contribution in [0, 0.1) is 6.92 Å². The van der Waals surface area contributed by atoms with Gasteiger partial charge < -0.3 is 18.9 Å². The molecule has 0 spiro atoms. The van der Waals surface area contributed by atoms with Gasteiger partial charge in [-0.15, -0.1) is 0 Å². The van der Waals surface area contributed by atoms with Gasteiger partial charge in [-0.2, -0.15) is 4.98 Å². The molecule has 1 fully saturated rings. The molecule has 0 bridgehead atoms. The third kappa shape index (κ3) is 4.37. The standard InChI is InChI=1S/C23H24ClN3O4/c1-4-9-30-19-8-6-15(10-20(19)29-3)22-25-23(31-26-22)16-11-21(28)27(13-16)18-12-17(24)7-5-14(18)2/h5-8,10,12,16H,4,9,11,13H2,1-3H3. The first kappa shape index (κ1) is 21.2. The predicted octanol–water partition coefficient (Wildman–Crippen LogP) is 5.02. The first-order valence-corrected chi connectivity index (χ1v) is 10.6. The van der Waals surface area contributed by atoms with Crippen molar-refractivity contribution in [2.24, 2.45) is 0 Å². The number of anilines is 1. The van der Waals surface area contributed by atoms with Crippen LogP contribution in [-0.2, 0) is 4.79 Å². The van der Waals surface area contributed by atoms with Crippen molar-refractivity contribution in [2.75, 3.05) is 25.2 Å². The number of carbonyl (C=O) groups is 1. The summed E-state index contributed by atoms with van der Waals surface area (Å²) in [7, 11) is 1.59. The number of ether oxygens (including phenoxy) is 2. The smallest absolute Gasteiger partial charge is 0.232 e. The van der Waals surface area contributed by atoms with E-state index in [1.165, 1.54) is 0 Å². The van der Waals surface area contributed by atoms with E-state index in [9.17, 15) is 4.79 Å². The minimum atomic E-state index is -0.179. The van der Waals surface area contributed by atoms with Crippen molar-refractivity contribution in [3.8, 4) is 22.9 Å². The third-order valence-corrected chi connectivity index (χ3v) is 5.50. The van der Waals surface area contributed by atoms with Crippen LogP contribution in [0.15, 0.2) is 40.9 Å². The van der Waals surface area contributed by atoms with E-state index in [2.05, 4.69) is 10.1 Å². The number of aryl methyl sites for hydroxylation is 1. The van der Waals surface area contributed by atoms with Crippen molar-refractivity contribution < 1.29 is 18.8 Å². The van der Waals surface area contributed by atoms with E-state index in [-0.39, 0.29) is 11.8 Å². The van der Waals surface area contributed by atoms with Crippen LogP contribution in [-0.4, -0.2) is 36.3 Å². The van der Waals surface area contributed by atoms with Gasteiger partial charge >= 0.3 is 0 Å². The van der Waals surface area contributed by atoms with Gasteiger partial charge in [-0.25, -0.2) is 0 Å². The number of nitrogens with zero attached hydrogens (tertiary/aromatic N) is 3. The molecule has 8 heteroatoms. The first-order valence-electron chi connectivity index (χ1n) is 10.2. The summed E-state index contributed by atoms with van der Waals surface area (Å²) in [4.78, 5) is 19.0. The lowest BCUT2D eigenvalue weighted by molar-refractivity contribution is -0.117. The van der Waals surface area contributed by atoms with E-state index < -0.39 is 0 Å². The molecule has 4 rings (SSSR count). The average Bonchev–Trinajstić information content (AvgIpc) is 3.41. The summed E-state index contributed by atoms with van der Waals surface area (Å²) in [5.41, 5.74) is 2.55. The molecule has 31 heavy (non-hydrogen) atoms. The molecule has 1 unspecified atom stereocenters. The molecule has 1 saturated heterocycles. The Labute approximate surface area is 185 Å². The van der Waals surface area contributed by atoms with Crippen molar-refractivity contribution in [3.05, 3.63) is 52.9 Å². The molecule has 1 atom stereocenters. The van der Waals surface area contributed by atoms with E-state index in [0.29, 0.717) is 47.8 Å². The van der Waals surface area contributed by atoms with E-state index in [1.807, 2.05) is 50.2 Å². The SMILES string of the molecule is CCCOc1ccc(-c2noc(C3CC(=O)N(c4cc(Cl)ccc4C)C3)n2)cc1OC. The van der Waals surface area contributed by atoms with Crippen LogP contribution in [0.3, 0.4) is 0 Å². The first-order chi connectivity index (χ1) is 15.0. The number of halogens is 1. The quantitative estimate of drug-likeness (QED) is 0.512. The fraction of sp³-hybridized carbons (Fsp3) is 0.348. The summed E-state index contributed by atoms with van der Waals surface area (Å²) >= 11 is 6.13. The van der Waals surface area contributed by atoms with Gasteiger partial charge in [0.25, 0.3) is 0 Å². The van der Waals surface area contributed by atoms with Crippen LogP contribution in [0.1, 0.15) is 37.1 Å². The Kier molecular flexibility index (Phi) is 6.13. The maximum atomic E-state index is 12.7. The molecule has 7 nitrogen and oxygen atoms in total. The summed E-state index contributed by atoms with van der Waals surface area (Å²) in [6, 6.07) is 11.1. The number of aromatic nitrogens is 2. The second-order valence-electron chi connectivity index (χ2n) is 7.51. The van der Waals surface area contributed by atoms with Gasteiger partial charge in [0.05, 0.1) is 19.6 Å². The molecule has 3 aromatic rings. The van der Waals surface area contributed by atoms with Gasteiger partial charge in [0.1, 0.15) is 0 Å². The zero-order chi connectivity index (χ0) is 22.0. The predicted molar refractivity (Wildman–Crippen MR) is 118 cm³/mol. The highest BCUT2D eigenvalue weighted by atomic mass is 35.5. The maximum Gasteiger partial charge on any atom is 0.232 e. The lowest BCUT2D eigenvalue weighted by atomic mass is 10.1. The second-order valence-corrected chi connectivity index (χ2v) is 7.94. The molecule has 162 valence electrons. The summed E-state index contributed by atoms with van der Waals surface area (Å²) in [6.07, 6.45) is 1.21. The van der Waals surface area contributed by atoms with Crippen molar-refractivity contribution >= 4 is 23.2 Å². The van der Waals surface area contributed by atoms with Gasteiger partial charge in [-0.05, 0) is 49.2 Å². The van der Waals surface area contributed by atoms with Gasteiger partial charge in [-0.3, -0.25) is 4.79 Å². The Morgan fingerprint density at radius 2 is 2.06 bits per heavy atom. The van der Waals surface area contributed by atoms with E-state index in [1.54, 1.807) is 12.0 Å². The summed E-state index contributed by atoms with van der Waals surface area (Å²) in [5.74, 6) is 1.99. The molecule has 0 N–H and O–H groups in total. The van der Waals surface area contributed by atoms with Crippen LogP contribution in [0.5, 0.6) is 11.5 Å². The van der Waals surface area contributed by atoms with Gasteiger partial charge in [0.15, 0.2) is 11.5 Å². The van der Waals surface area contributed by atoms with E-state index in [4.69, 9.17) is 25.6 Å². The molecule has 0 saturated carbocycles. The second kappa shape index (κ2) is 8.98. The van der Waals surface area contributed by atoms with Gasteiger partial charge in [0.2, 0.25) is 17.6 Å². The summed E-state index contributed by atoms with van der Waals surface area (Å²) in [6.45, 7) is 5.08. The Bertz CT molecular complexity index is 1100. The fourth-order valence-electron chi connectivity index (χ4n) is 3.64. The zero-order valence-electron chi connectivity index (χ0n) is 17.7. The monoisotopic (exact) mass is 441 g/mol. The molecule has 1 aliphatic heterocycles. The van der Waals surface area contributed by atoms with Gasteiger partial charge in [0, 0.05) is 29.2 Å². The molecule has 2 heterocycles. The Hall–Kier alpha value is -3.06. The van der Waals surface area contributed by atoms with Crippen molar-refractivity contribution in [1.29, 1.82) is 0 Å². The molecule has 1 aliphatic rings. The molecule has 0 aliphatic carbocycles. The zero-order valence-corrected chi connectivity index (χ0v) is 18.5. The van der Waals surface area contributed by atoms with Crippen molar-refractivity contribution in [1.82, 2.24) is 10.1 Å². The van der Waals surface area contributed by atoms with Crippen molar-refractivity contribution in [3.63, 3.8) is 0 Å².